The highest BCUT2D eigenvalue weighted by atomic mass is 35.5. The first-order valence-corrected chi connectivity index (χ1v) is 5.75. The van der Waals surface area contributed by atoms with E-state index in [1.54, 1.807) is 12.1 Å². The smallest absolute Gasteiger partial charge is 0.305 e. The lowest BCUT2D eigenvalue weighted by Crippen LogP contribution is -2.11. The molecule has 0 aromatic heterocycles. The van der Waals surface area contributed by atoms with E-state index >= 15 is 0 Å². The zero-order chi connectivity index (χ0) is 12.8. The van der Waals surface area contributed by atoms with E-state index < -0.39 is 0 Å². The molecule has 0 amide bonds. The third kappa shape index (κ3) is 4.19. The van der Waals surface area contributed by atoms with Crippen LogP contribution < -0.4 is 0 Å². The van der Waals surface area contributed by atoms with Crippen LogP contribution in [-0.2, 0) is 14.3 Å². The van der Waals surface area contributed by atoms with Gasteiger partial charge in [-0.15, -0.1) is 0 Å². The largest absolute Gasteiger partial charge is 0.469 e. The highest BCUT2D eigenvalue weighted by molar-refractivity contribution is 6.30. The molecule has 1 rings (SSSR count). The zero-order valence-corrected chi connectivity index (χ0v) is 10.7. The summed E-state index contributed by atoms with van der Waals surface area (Å²) in [5.74, 6) is -0.534. The summed E-state index contributed by atoms with van der Waals surface area (Å²) in [6.07, 6.45) is 0.701. The van der Waals surface area contributed by atoms with Gasteiger partial charge in [-0.05, 0) is 31.0 Å². The maximum absolute atomic E-state index is 11.5. The number of esters is 1. The van der Waals surface area contributed by atoms with Crippen molar-refractivity contribution < 1.29 is 14.3 Å². The lowest BCUT2D eigenvalue weighted by molar-refractivity contribution is -0.140. The number of hydrogen-bond donors (Lipinski definition) is 0. The predicted octanol–water partition coefficient (Wildman–Crippen LogP) is 2.97. The summed E-state index contributed by atoms with van der Waals surface area (Å²) >= 11 is 5.79. The fourth-order valence-corrected chi connectivity index (χ4v) is 1.79. The fourth-order valence-electron chi connectivity index (χ4n) is 1.66. The Morgan fingerprint density at radius 3 is 2.35 bits per heavy atom. The molecule has 0 spiro atoms. The summed E-state index contributed by atoms with van der Waals surface area (Å²) in [5.41, 5.74) is 0.880. The number of hydrogen-bond acceptors (Lipinski definition) is 3. The minimum atomic E-state index is -0.301. The molecule has 0 fully saturated rings. The Kier molecular flexibility index (Phi) is 5.16. The maximum Gasteiger partial charge on any atom is 0.305 e. The third-order valence-electron chi connectivity index (χ3n) is 2.63. The fraction of sp³-hybridized carbons (Fsp3) is 0.385. The Hall–Kier alpha value is -1.35. The van der Waals surface area contributed by atoms with Crippen LogP contribution in [0.3, 0.4) is 0 Å². The first-order chi connectivity index (χ1) is 8.04. The maximum atomic E-state index is 11.5. The molecule has 92 valence electrons. The average Bonchev–Trinajstić information content (AvgIpc) is 2.31. The van der Waals surface area contributed by atoms with Crippen LogP contribution in [0.2, 0.25) is 5.02 Å². The van der Waals surface area contributed by atoms with Gasteiger partial charge >= 0.3 is 5.97 Å². The lowest BCUT2D eigenvalue weighted by atomic mass is 9.91. The number of rotatable bonds is 5. The van der Waals surface area contributed by atoms with Crippen molar-refractivity contribution in [2.45, 2.75) is 25.7 Å². The molecule has 0 bridgehead atoms. The number of ether oxygens (including phenoxy) is 1. The Labute approximate surface area is 106 Å². The van der Waals surface area contributed by atoms with Crippen LogP contribution in [0.25, 0.3) is 0 Å². The number of Topliss-reactive ketones (excluding diaryl/α,β-unsaturated/α-hetero) is 1. The molecule has 17 heavy (non-hydrogen) atoms. The van der Waals surface area contributed by atoms with Crippen LogP contribution in [-0.4, -0.2) is 18.9 Å². The molecule has 0 aliphatic rings. The van der Waals surface area contributed by atoms with Crippen LogP contribution in [0.1, 0.15) is 31.2 Å². The highest BCUT2D eigenvalue weighted by Crippen LogP contribution is 2.24. The SMILES string of the molecule is COC(=O)CC[C@@H](C(C)=O)c1ccc(Cl)cc1. The predicted molar refractivity (Wildman–Crippen MR) is 66.1 cm³/mol. The van der Waals surface area contributed by atoms with Gasteiger partial charge in [0.05, 0.1) is 7.11 Å². The first kappa shape index (κ1) is 13.7. The zero-order valence-electron chi connectivity index (χ0n) is 9.90. The van der Waals surface area contributed by atoms with Gasteiger partial charge in [-0.1, -0.05) is 23.7 Å². The molecule has 1 aromatic carbocycles. The van der Waals surface area contributed by atoms with E-state index in [-0.39, 0.29) is 24.1 Å². The van der Waals surface area contributed by atoms with Crippen molar-refractivity contribution in [3.05, 3.63) is 34.9 Å². The van der Waals surface area contributed by atoms with E-state index in [1.807, 2.05) is 12.1 Å². The number of ketones is 1. The lowest BCUT2D eigenvalue weighted by Gasteiger charge is -2.13. The van der Waals surface area contributed by atoms with Crippen molar-refractivity contribution in [2.75, 3.05) is 7.11 Å². The topological polar surface area (TPSA) is 43.4 Å². The average molecular weight is 255 g/mol. The van der Waals surface area contributed by atoms with Crippen LogP contribution in [0.5, 0.6) is 0 Å². The second-order valence-corrected chi connectivity index (χ2v) is 4.27. The Balaban J connectivity index is 2.75. The molecule has 4 heteroatoms. The number of carbonyl (C=O) groups is 2. The van der Waals surface area contributed by atoms with Gasteiger partial charge in [0.15, 0.2) is 0 Å². The van der Waals surface area contributed by atoms with E-state index in [1.165, 1.54) is 14.0 Å². The number of benzene rings is 1. The number of methoxy groups -OCH3 is 1. The second kappa shape index (κ2) is 6.40. The van der Waals surface area contributed by atoms with Crippen LogP contribution >= 0.6 is 11.6 Å². The first-order valence-electron chi connectivity index (χ1n) is 5.37. The van der Waals surface area contributed by atoms with Gasteiger partial charge in [-0.3, -0.25) is 9.59 Å². The summed E-state index contributed by atoms with van der Waals surface area (Å²) in [6, 6.07) is 7.10. The van der Waals surface area contributed by atoms with Gasteiger partial charge in [0.25, 0.3) is 0 Å². The van der Waals surface area contributed by atoms with E-state index in [2.05, 4.69) is 4.74 Å². The molecule has 1 atom stereocenters. The number of halogens is 1. The molecular weight excluding hydrogens is 240 g/mol. The molecule has 0 N–H and O–H groups in total. The molecular formula is C13H15ClO3. The quantitative estimate of drug-likeness (QED) is 0.759. The van der Waals surface area contributed by atoms with Crippen LogP contribution in [0.15, 0.2) is 24.3 Å². The van der Waals surface area contributed by atoms with Crippen molar-refractivity contribution in [3.63, 3.8) is 0 Å². The molecule has 0 radical (unpaired) electrons. The van der Waals surface area contributed by atoms with Gasteiger partial charge in [-0.2, -0.15) is 0 Å². The van der Waals surface area contributed by atoms with Gasteiger partial charge in [0.2, 0.25) is 0 Å². The van der Waals surface area contributed by atoms with Crippen molar-refractivity contribution in [3.8, 4) is 0 Å². The van der Waals surface area contributed by atoms with E-state index in [9.17, 15) is 9.59 Å². The summed E-state index contributed by atoms with van der Waals surface area (Å²) in [7, 11) is 1.34. The van der Waals surface area contributed by atoms with Crippen molar-refractivity contribution in [2.24, 2.45) is 0 Å². The summed E-state index contributed by atoms with van der Waals surface area (Å²) in [5, 5.41) is 0.629. The van der Waals surface area contributed by atoms with Crippen LogP contribution in [0, 0.1) is 0 Å². The van der Waals surface area contributed by atoms with Gasteiger partial charge in [0, 0.05) is 17.4 Å². The summed E-state index contributed by atoms with van der Waals surface area (Å²) < 4.78 is 4.56. The van der Waals surface area contributed by atoms with E-state index in [4.69, 9.17) is 11.6 Å². The molecule has 0 saturated carbocycles. The minimum Gasteiger partial charge on any atom is -0.469 e. The molecule has 0 unspecified atom stereocenters. The molecule has 3 nitrogen and oxygen atoms in total. The van der Waals surface area contributed by atoms with E-state index in [0.717, 1.165) is 5.56 Å². The van der Waals surface area contributed by atoms with Gasteiger partial charge < -0.3 is 4.74 Å². The van der Waals surface area contributed by atoms with E-state index in [0.29, 0.717) is 11.4 Å². The Bertz CT molecular complexity index is 398. The normalized spacial score (nSPS) is 11.9. The van der Waals surface area contributed by atoms with Crippen molar-refractivity contribution in [1.82, 2.24) is 0 Å². The van der Waals surface area contributed by atoms with Crippen LogP contribution in [0.4, 0.5) is 0 Å². The molecule has 0 heterocycles. The number of carbonyl (C=O) groups excluding carboxylic acids is 2. The Morgan fingerprint density at radius 2 is 1.88 bits per heavy atom. The third-order valence-corrected chi connectivity index (χ3v) is 2.88. The molecule has 0 aliphatic carbocycles. The highest BCUT2D eigenvalue weighted by Gasteiger charge is 2.18. The van der Waals surface area contributed by atoms with Crippen molar-refractivity contribution >= 4 is 23.4 Å². The standard InChI is InChI=1S/C13H15ClO3/c1-9(15)12(7-8-13(16)17-2)10-3-5-11(14)6-4-10/h3-6,12H,7-8H2,1-2H3/t12-/m0/s1. The Morgan fingerprint density at radius 1 is 1.29 bits per heavy atom. The van der Waals surface area contributed by atoms with Gasteiger partial charge in [0.1, 0.15) is 5.78 Å². The summed E-state index contributed by atoms with van der Waals surface area (Å²) in [4.78, 5) is 22.6. The van der Waals surface area contributed by atoms with Crippen molar-refractivity contribution in [1.29, 1.82) is 0 Å². The molecule has 0 saturated heterocycles. The monoisotopic (exact) mass is 254 g/mol. The summed E-state index contributed by atoms with van der Waals surface area (Å²) in [6.45, 7) is 1.52. The van der Waals surface area contributed by atoms with Gasteiger partial charge in [-0.25, -0.2) is 0 Å². The second-order valence-electron chi connectivity index (χ2n) is 3.83. The molecule has 1 aromatic rings. The molecule has 0 aliphatic heterocycles. The minimum absolute atomic E-state index is 0.0382.